The van der Waals surface area contributed by atoms with Crippen LogP contribution in [0.1, 0.15) is 23.4 Å². The van der Waals surface area contributed by atoms with Gasteiger partial charge in [0, 0.05) is 23.8 Å². The summed E-state index contributed by atoms with van der Waals surface area (Å²) in [5.41, 5.74) is 0. The molecule has 12 heteroatoms. The van der Waals surface area contributed by atoms with Crippen molar-refractivity contribution in [3.05, 3.63) is 57.9 Å². The number of hydrogen-bond acceptors (Lipinski definition) is 7. The van der Waals surface area contributed by atoms with E-state index in [1.54, 1.807) is 25.3 Å². The van der Waals surface area contributed by atoms with Crippen LogP contribution in [0, 0.1) is 0 Å². The van der Waals surface area contributed by atoms with Crippen molar-refractivity contribution in [1.29, 1.82) is 0 Å². The Hall–Kier alpha value is -2.92. The molecule has 0 aliphatic rings. The van der Waals surface area contributed by atoms with Gasteiger partial charge in [-0.25, -0.2) is 0 Å². The molecule has 3 aromatic rings. The maximum atomic E-state index is 12.1. The number of ether oxygens (including phenoxy) is 1. The Morgan fingerprint density at radius 3 is 2.87 bits per heavy atom. The van der Waals surface area contributed by atoms with Crippen molar-refractivity contribution in [3.63, 3.8) is 0 Å². The second-order valence-electron chi connectivity index (χ2n) is 6.14. The number of carbonyl (C=O) groups excluding carboxylic acids is 2. The van der Waals surface area contributed by atoms with Crippen molar-refractivity contribution in [2.45, 2.75) is 19.6 Å². The lowest BCUT2D eigenvalue weighted by molar-refractivity contribution is -0.127. The number of amides is 2. The van der Waals surface area contributed by atoms with Gasteiger partial charge in [0.1, 0.15) is 12.3 Å². The third kappa shape index (κ3) is 6.29. The molecule has 0 fully saturated rings. The number of nitrogens with one attached hydrogen (secondary N) is 2. The fourth-order valence-corrected chi connectivity index (χ4v) is 2.89. The van der Waals surface area contributed by atoms with E-state index in [0.717, 1.165) is 4.47 Å². The molecule has 0 aliphatic carbocycles. The highest BCUT2D eigenvalue weighted by atomic mass is 79.9. The molecule has 10 nitrogen and oxygen atoms in total. The van der Waals surface area contributed by atoms with Crippen molar-refractivity contribution >= 4 is 39.3 Å². The van der Waals surface area contributed by atoms with Crippen LogP contribution in [0.4, 0.5) is 0 Å². The normalized spacial score (nSPS) is 11.7. The van der Waals surface area contributed by atoms with Gasteiger partial charge in [-0.2, -0.15) is 10.1 Å². The molecule has 2 aromatic heterocycles. The highest BCUT2D eigenvalue weighted by Crippen LogP contribution is 2.18. The van der Waals surface area contributed by atoms with E-state index in [9.17, 15) is 9.59 Å². The van der Waals surface area contributed by atoms with Crippen LogP contribution in [0.3, 0.4) is 0 Å². The van der Waals surface area contributed by atoms with E-state index in [4.69, 9.17) is 20.9 Å². The monoisotopic (exact) mass is 496 g/mol. The summed E-state index contributed by atoms with van der Waals surface area (Å²) in [6, 6.07) is 7.20. The van der Waals surface area contributed by atoms with Crippen molar-refractivity contribution in [3.8, 4) is 5.75 Å². The molecule has 2 amide bonds. The summed E-state index contributed by atoms with van der Waals surface area (Å²) in [4.78, 5) is 28.2. The first kappa shape index (κ1) is 21.8. The van der Waals surface area contributed by atoms with E-state index < -0.39 is 12.0 Å². The van der Waals surface area contributed by atoms with Crippen molar-refractivity contribution in [2.24, 2.45) is 0 Å². The molecule has 2 N–H and O–H groups in total. The largest absolute Gasteiger partial charge is 0.481 e. The standard InChI is InChI=1S/C18H18BrClN6O4/c1-11(29-14-4-2-3-12(19)7-14)16(27)21-5-6-22-17(28)18-24-15(25-30-18)10-26-9-13(20)8-23-26/h2-4,7-9,11H,5-6,10H2,1H3,(H,21,27)(H,22,28). The number of hydrogen-bond donors (Lipinski definition) is 2. The molecule has 0 bridgehead atoms. The van der Waals surface area contributed by atoms with E-state index >= 15 is 0 Å². The zero-order chi connectivity index (χ0) is 21.5. The van der Waals surface area contributed by atoms with Crippen LogP contribution in [0.5, 0.6) is 5.75 Å². The predicted octanol–water partition coefficient (Wildman–Crippen LogP) is 2.04. The van der Waals surface area contributed by atoms with Gasteiger partial charge in [0.2, 0.25) is 0 Å². The van der Waals surface area contributed by atoms with E-state index in [-0.39, 0.29) is 37.3 Å². The molecular formula is C18H18BrClN6O4. The quantitative estimate of drug-likeness (QED) is 0.434. The van der Waals surface area contributed by atoms with Gasteiger partial charge in [0.25, 0.3) is 5.91 Å². The van der Waals surface area contributed by atoms with Crippen LogP contribution < -0.4 is 15.4 Å². The average Bonchev–Trinajstić information content (AvgIpc) is 3.34. The topological polar surface area (TPSA) is 124 Å². The van der Waals surface area contributed by atoms with Gasteiger partial charge in [0.05, 0.1) is 11.2 Å². The number of nitrogens with zero attached hydrogens (tertiary/aromatic N) is 4. The summed E-state index contributed by atoms with van der Waals surface area (Å²) < 4.78 is 12.9. The van der Waals surface area contributed by atoms with Gasteiger partial charge in [-0.15, -0.1) is 0 Å². The Morgan fingerprint density at radius 1 is 1.33 bits per heavy atom. The molecule has 0 aliphatic heterocycles. The Balaban J connectivity index is 1.38. The van der Waals surface area contributed by atoms with Crippen molar-refractivity contribution < 1.29 is 18.8 Å². The fourth-order valence-electron chi connectivity index (χ4n) is 2.36. The first-order chi connectivity index (χ1) is 14.4. The van der Waals surface area contributed by atoms with Gasteiger partial charge < -0.3 is 19.9 Å². The van der Waals surface area contributed by atoms with Crippen LogP contribution in [-0.4, -0.2) is 50.9 Å². The zero-order valence-corrected chi connectivity index (χ0v) is 18.2. The third-order valence-electron chi connectivity index (χ3n) is 3.76. The average molecular weight is 498 g/mol. The lowest BCUT2D eigenvalue weighted by atomic mass is 10.3. The van der Waals surface area contributed by atoms with Crippen molar-refractivity contribution in [1.82, 2.24) is 30.6 Å². The maximum Gasteiger partial charge on any atom is 0.316 e. The van der Waals surface area contributed by atoms with E-state index in [0.29, 0.717) is 10.8 Å². The minimum atomic E-state index is -0.690. The number of carbonyl (C=O) groups is 2. The highest BCUT2D eigenvalue weighted by Gasteiger charge is 2.17. The molecule has 0 radical (unpaired) electrons. The molecule has 1 unspecified atom stereocenters. The smallest absolute Gasteiger partial charge is 0.316 e. The summed E-state index contributed by atoms with van der Waals surface area (Å²) in [6.45, 7) is 2.25. The molecule has 1 aromatic carbocycles. The number of benzene rings is 1. The minimum absolute atomic E-state index is 0.180. The van der Waals surface area contributed by atoms with E-state index in [2.05, 4.69) is 41.8 Å². The molecular weight excluding hydrogens is 480 g/mol. The Bertz CT molecular complexity index is 1020. The molecule has 3 rings (SSSR count). The summed E-state index contributed by atoms with van der Waals surface area (Å²) in [5.74, 6) is -0.167. The Kier molecular flexibility index (Phi) is 7.41. The van der Waals surface area contributed by atoms with Crippen LogP contribution in [0.2, 0.25) is 5.02 Å². The van der Waals surface area contributed by atoms with Gasteiger partial charge in [-0.1, -0.05) is 38.8 Å². The Labute approximate surface area is 185 Å². The van der Waals surface area contributed by atoms with Crippen LogP contribution in [0.25, 0.3) is 0 Å². The fraction of sp³-hybridized carbons (Fsp3) is 0.278. The molecule has 0 saturated carbocycles. The van der Waals surface area contributed by atoms with Gasteiger partial charge >= 0.3 is 11.8 Å². The van der Waals surface area contributed by atoms with Crippen LogP contribution in [0.15, 0.2) is 45.7 Å². The van der Waals surface area contributed by atoms with Crippen LogP contribution >= 0.6 is 27.5 Å². The van der Waals surface area contributed by atoms with E-state index in [1.807, 2.05) is 12.1 Å². The van der Waals surface area contributed by atoms with Crippen LogP contribution in [-0.2, 0) is 11.3 Å². The van der Waals surface area contributed by atoms with Gasteiger partial charge in [-0.3, -0.25) is 14.3 Å². The second kappa shape index (κ2) is 10.2. The molecule has 2 heterocycles. The zero-order valence-electron chi connectivity index (χ0n) is 15.8. The SMILES string of the molecule is CC(Oc1cccc(Br)c1)C(=O)NCCNC(=O)c1nc(Cn2cc(Cl)cn2)no1. The second-order valence-corrected chi connectivity index (χ2v) is 7.49. The van der Waals surface area contributed by atoms with Gasteiger partial charge in [0.15, 0.2) is 11.9 Å². The highest BCUT2D eigenvalue weighted by molar-refractivity contribution is 9.10. The molecule has 0 saturated heterocycles. The number of aromatic nitrogens is 4. The van der Waals surface area contributed by atoms with Gasteiger partial charge in [-0.05, 0) is 25.1 Å². The summed E-state index contributed by atoms with van der Waals surface area (Å²) in [5, 5.41) is 13.5. The summed E-state index contributed by atoms with van der Waals surface area (Å²) in [6.07, 6.45) is 2.39. The molecule has 30 heavy (non-hydrogen) atoms. The molecule has 1 atom stereocenters. The minimum Gasteiger partial charge on any atom is -0.481 e. The maximum absolute atomic E-state index is 12.1. The number of rotatable bonds is 9. The Morgan fingerprint density at radius 2 is 2.13 bits per heavy atom. The summed E-state index contributed by atoms with van der Waals surface area (Å²) >= 11 is 9.13. The number of halogens is 2. The molecule has 158 valence electrons. The lowest BCUT2D eigenvalue weighted by Crippen LogP contribution is -2.40. The predicted molar refractivity (Wildman–Crippen MR) is 110 cm³/mol. The third-order valence-corrected chi connectivity index (χ3v) is 4.44. The lowest BCUT2D eigenvalue weighted by Gasteiger charge is -2.15. The first-order valence-corrected chi connectivity index (χ1v) is 10.1. The first-order valence-electron chi connectivity index (χ1n) is 8.89. The van der Waals surface area contributed by atoms with E-state index in [1.165, 1.54) is 10.9 Å². The molecule has 0 spiro atoms. The summed E-state index contributed by atoms with van der Waals surface area (Å²) in [7, 11) is 0. The van der Waals surface area contributed by atoms with Crippen molar-refractivity contribution in [2.75, 3.05) is 13.1 Å².